The Morgan fingerprint density at radius 1 is 1.62 bits per heavy atom. The first-order valence-electron chi connectivity index (χ1n) is 2.25. The molecule has 0 heterocycles. The van der Waals surface area contributed by atoms with E-state index in [9.17, 15) is 8.78 Å². The van der Waals surface area contributed by atoms with Crippen molar-refractivity contribution >= 4 is 0 Å². The summed E-state index contributed by atoms with van der Waals surface area (Å²) in [5.74, 6) is 0. The molecule has 0 spiro atoms. The van der Waals surface area contributed by atoms with Gasteiger partial charge in [0.1, 0.15) is 0 Å². The zero-order chi connectivity index (χ0) is 6.57. The lowest BCUT2D eigenvalue weighted by atomic mass is 10.3. The molecule has 1 nitrogen and oxygen atoms in total. The molecule has 8 heavy (non-hydrogen) atoms. The molecule has 48 valence electrons. The molecule has 0 radical (unpaired) electrons. The first kappa shape index (κ1) is 7.56. The number of hydrogen-bond donors (Lipinski definition) is 1. The molecular formula is C5H8F2O. The van der Waals surface area contributed by atoms with Crippen molar-refractivity contribution in [3.63, 3.8) is 0 Å². The summed E-state index contributed by atoms with van der Waals surface area (Å²) < 4.78 is 23.2. The van der Waals surface area contributed by atoms with Crippen molar-refractivity contribution in [2.45, 2.75) is 19.0 Å². The predicted molar refractivity (Wildman–Crippen MR) is 26.8 cm³/mol. The standard InChI is InChI=1S/C5H8F2O/c1-2-3-4(6)5(7)8/h2,4-5,8H,1,3H2. The third-order valence-electron chi connectivity index (χ3n) is 0.690. The van der Waals surface area contributed by atoms with E-state index in [4.69, 9.17) is 5.11 Å². The van der Waals surface area contributed by atoms with Crippen molar-refractivity contribution in [3.8, 4) is 0 Å². The highest BCUT2D eigenvalue weighted by Gasteiger charge is 2.13. The van der Waals surface area contributed by atoms with E-state index < -0.39 is 12.5 Å². The number of aliphatic hydroxyl groups excluding tert-OH is 1. The van der Waals surface area contributed by atoms with E-state index in [2.05, 4.69) is 6.58 Å². The van der Waals surface area contributed by atoms with Gasteiger partial charge in [0.05, 0.1) is 0 Å². The molecule has 0 bridgehead atoms. The summed E-state index contributed by atoms with van der Waals surface area (Å²) in [6.45, 7) is 3.17. The Morgan fingerprint density at radius 2 is 2.12 bits per heavy atom. The van der Waals surface area contributed by atoms with Gasteiger partial charge in [-0.15, -0.1) is 6.58 Å². The van der Waals surface area contributed by atoms with Crippen molar-refractivity contribution in [2.75, 3.05) is 0 Å². The molecule has 0 aromatic heterocycles. The maximum atomic E-state index is 11.8. The van der Waals surface area contributed by atoms with Crippen LogP contribution in [0.3, 0.4) is 0 Å². The van der Waals surface area contributed by atoms with Crippen LogP contribution in [0.25, 0.3) is 0 Å². The highest BCUT2D eigenvalue weighted by molar-refractivity contribution is 4.73. The van der Waals surface area contributed by atoms with Gasteiger partial charge in [0.15, 0.2) is 6.17 Å². The molecule has 2 atom stereocenters. The molecule has 0 fully saturated rings. The topological polar surface area (TPSA) is 20.2 Å². The Bertz CT molecular complexity index is 72.8. The molecule has 0 saturated carbocycles. The van der Waals surface area contributed by atoms with Crippen molar-refractivity contribution in [1.29, 1.82) is 0 Å². The minimum Gasteiger partial charge on any atom is -0.362 e. The minimum absolute atomic E-state index is 0.141. The quantitative estimate of drug-likeness (QED) is 0.557. The van der Waals surface area contributed by atoms with Crippen LogP contribution in [0.2, 0.25) is 0 Å². The summed E-state index contributed by atoms with van der Waals surface area (Å²) in [4.78, 5) is 0. The SMILES string of the molecule is C=CCC(F)C(O)F. The van der Waals surface area contributed by atoms with Crippen molar-refractivity contribution < 1.29 is 13.9 Å². The summed E-state index contributed by atoms with van der Waals surface area (Å²) in [5, 5.41) is 7.86. The fourth-order valence-electron chi connectivity index (χ4n) is 0.272. The van der Waals surface area contributed by atoms with E-state index >= 15 is 0 Å². The average molecular weight is 122 g/mol. The first-order valence-corrected chi connectivity index (χ1v) is 2.25. The Morgan fingerprint density at radius 3 is 2.25 bits per heavy atom. The molecule has 0 aliphatic rings. The van der Waals surface area contributed by atoms with Crippen LogP contribution in [0, 0.1) is 0 Å². The lowest BCUT2D eigenvalue weighted by molar-refractivity contribution is -0.0256. The molecule has 0 saturated heterocycles. The normalized spacial score (nSPS) is 17.4. The summed E-state index contributed by atoms with van der Waals surface area (Å²) in [5.41, 5.74) is 0. The lowest BCUT2D eigenvalue weighted by Crippen LogP contribution is -2.14. The van der Waals surface area contributed by atoms with E-state index in [1.165, 1.54) is 6.08 Å². The number of alkyl halides is 2. The highest BCUT2D eigenvalue weighted by Crippen LogP contribution is 2.04. The molecule has 0 aliphatic heterocycles. The Kier molecular flexibility index (Phi) is 3.35. The second-order valence-corrected chi connectivity index (χ2v) is 1.41. The van der Waals surface area contributed by atoms with Crippen LogP contribution in [0.15, 0.2) is 12.7 Å². The van der Waals surface area contributed by atoms with Gasteiger partial charge in [0, 0.05) is 6.42 Å². The monoisotopic (exact) mass is 122 g/mol. The third kappa shape index (κ3) is 2.69. The van der Waals surface area contributed by atoms with Crippen molar-refractivity contribution in [2.24, 2.45) is 0 Å². The van der Waals surface area contributed by atoms with Gasteiger partial charge in [0.2, 0.25) is 6.36 Å². The summed E-state index contributed by atoms with van der Waals surface area (Å²) in [6, 6.07) is 0. The Balaban J connectivity index is 3.30. The second-order valence-electron chi connectivity index (χ2n) is 1.41. The molecular weight excluding hydrogens is 114 g/mol. The van der Waals surface area contributed by atoms with E-state index in [0.717, 1.165) is 0 Å². The van der Waals surface area contributed by atoms with Gasteiger partial charge >= 0.3 is 0 Å². The van der Waals surface area contributed by atoms with Crippen LogP contribution in [0.4, 0.5) is 8.78 Å². The number of aliphatic hydroxyl groups is 1. The van der Waals surface area contributed by atoms with Gasteiger partial charge in [-0.05, 0) is 0 Å². The maximum Gasteiger partial charge on any atom is 0.228 e. The summed E-state index contributed by atoms with van der Waals surface area (Å²) in [7, 11) is 0. The third-order valence-corrected chi connectivity index (χ3v) is 0.690. The molecule has 0 aliphatic carbocycles. The van der Waals surface area contributed by atoms with Gasteiger partial charge in [-0.3, -0.25) is 0 Å². The van der Waals surface area contributed by atoms with Gasteiger partial charge < -0.3 is 5.11 Å². The minimum atomic E-state index is -2.37. The van der Waals surface area contributed by atoms with Crippen LogP contribution >= 0.6 is 0 Å². The smallest absolute Gasteiger partial charge is 0.228 e. The number of allylic oxidation sites excluding steroid dienone is 1. The number of rotatable bonds is 3. The molecule has 0 rings (SSSR count). The molecule has 2 unspecified atom stereocenters. The molecule has 1 N–H and O–H groups in total. The van der Waals surface area contributed by atoms with Gasteiger partial charge in [-0.2, -0.15) is 0 Å². The van der Waals surface area contributed by atoms with Gasteiger partial charge in [-0.25, -0.2) is 8.78 Å². The maximum absolute atomic E-state index is 11.8. The fourth-order valence-corrected chi connectivity index (χ4v) is 0.272. The molecule has 0 aromatic carbocycles. The Hall–Kier alpha value is -0.440. The zero-order valence-corrected chi connectivity index (χ0v) is 4.35. The van der Waals surface area contributed by atoms with Gasteiger partial charge in [0.25, 0.3) is 0 Å². The van der Waals surface area contributed by atoms with Crippen LogP contribution < -0.4 is 0 Å². The van der Waals surface area contributed by atoms with Crippen molar-refractivity contribution in [3.05, 3.63) is 12.7 Å². The highest BCUT2D eigenvalue weighted by atomic mass is 19.2. The number of halogens is 2. The van der Waals surface area contributed by atoms with Crippen LogP contribution in [-0.4, -0.2) is 17.6 Å². The molecule has 0 aromatic rings. The Labute approximate surface area is 46.6 Å². The van der Waals surface area contributed by atoms with E-state index in [1.54, 1.807) is 0 Å². The number of hydrogen-bond acceptors (Lipinski definition) is 1. The van der Waals surface area contributed by atoms with Gasteiger partial charge in [-0.1, -0.05) is 6.08 Å². The predicted octanol–water partition coefficient (Wildman–Crippen LogP) is 1.19. The first-order chi connectivity index (χ1) is 3.68. The zero-order valence-electron chi connectivity index (χ0n) is 4.35. The van der Waals surface area contributed by atoms with E-state index in [-0.39, 0.29) is 6.42 Å². The molecule has 0 amide bonds. The van der Waals surface area contributed by atoms with Crippen LogP contribution in [0.5, 0.6) is 0 Å². The lowest BCUT2D eigenvalue weighted by Gasteiger charge is -2.02. The van der Waals surface area contributed by atoms with E-state index in [1.807, 2.05) is 0 Å². The summed E-state index contributed by atoms with van der Waals surface area (Å²) >= 11 is 0. The van der Waals surface area contributed by atoms with Crippen LogP contribution in [-0.2, 0) is 0 Å². The second kappa shape index (κ2) is 3.55. The largest absolute Gasteiger partial charge is 0.362 e. The van der Waals surface area contributed by atoms with Crippen LogP contribution in [0.1, 0.15) is 6.42 Å². The fraction of sp³-hybridized carbons (Fsp3) is 0.600. The van der Waals surface area contributed by atoms with Crippen molar-refractivity contribution in [1.82, 2.24) is 0 Å². The van der Waals surface area contributed by atoms with E-state index in [0.29, 0.717) is 0 Å². The molecule has 3 heteroatoms. The average Bonchev–Trinajstić information content (AvgIpc) is 1.67. The summed E-state index contributed by atoms with van der Waals surface area (Å²) in [6.07, 6.45) is -3.11.